The molecule has 0 aliphatic rings. The lowest BCUT2D eigenvalue weighted by atomic mass is 10.0. The van der Waals surface area contributed by atoms with Crippen LogP contribution in [-0.4, -0.2) is 12.7 Å². The number of ether oxygens (including phenoxy) is 1. The number of hydrazine groups is 1. The Morgan fingerprint density at radius 3 is 2.53 bits per heavy atom. The van der Waals surface area contributed by atoms with Gasteiger partial charge in [0.25, 0.3) is 0 Å². The lowest BCUT2D eigenvalue weighted by molar-refractivity contribution is 0.0612. The fourth-order valence-electron chi connectivity index (χ4n) is 1.98. The van der Waals surface area contributed by atoms with Gasteiger partial charge in [0.05, 0.1) is 18.8 Å². The molecule has 1 unspecified atom stereocenters. The Morgan fingerprint density at radius 2 is 1.84 bits per heavy atom. The third kappa shape index (κ3) is 3.76. The van der Waals surface area contributed by atoms with E-state index in [0.717, 1.165) is 10.0 Å². The van der Waals surface area contributed by atoms with Crippen molar-refractivity contribution < 1.29 is 4.74 Å². The number of hydrogen-bond acceptors (Lipinski definition) is 3. The van der Waals surface area contributed by atoms with Crippen LogP contribution >= 0.6 is 15.9 Å². The number of halogens is 1. The van der Waals surface area contributed by atoms with Crippen LogP contribution in [0.2, 0.25) is 0 Å². The van der Waals surface area contributed by atoms with Gasteiger partial charge in [0.15, 0.2) is 0 Å². The molecule has 3 N–H and O–H groups in total. The minimum atomic E-state index is 0.00967. The standard InChI is InChI=1S/C15H19BrN2O/c1-10(2)19-9-15(18-17)13-4-3-12-8-14(16)6-5-11(12)7-13/h3-8,10,15,18H,9,17H2,1-2H3. The normalized spacial score (nSPS) is 13.1. The second kappa shape index (κ2) is 6.48. The van der Waals surface area contributed by atoms with Crippen molar-refractivity contribution in [3.8, 4) is 0 Å². The molecule has 19 heavy (non-hydrogen) atoms. The number of fused-ring (bicyclic) bond motifs is 1. The zero-order valence-corrected chi connectivity index (χ0v) is 12.8. The Kier molecular flexibility index (Phi) is 4.93. The number of hydrogen-bond donors (Lipinski definition) is 2. The molecule has 0 fully saturated rings. The largest absolute Gasteiger partial charge is 0.377 e. The predicted octanol–water partition coefficient (Wildman–Crippen LogP) is 3.53. The van der Waals surface area contributed by atoms with Gasteiger partial charge in [-0.2, -0.15) is 0 Å². The summed E-state index contributed by atoms with van der Waals surface area (Å²) in [5.74, 6) is 5.62. The molecule has 0 aliphatic carbocycles. The maximum atomic E-state index is 5.63. The third-order valence-electron chi connectivity index (χ3n) is 3.03. The van der Waals surface area contributed by atoms with Crippen LogP contribution in [0.3, 0.4) is 0 Å². The first kappa shape index (κ1) is 14.5. The van der Waals surface area contributed by atoms with Crippen molar-refractivity contribution in [3.63, 3.8) is 0 Å². The summed E-state index contributed by atoms with van der Waals surface area (Å²) in [7, 11) is 0. The molecule has 0 saturated heterocycles. The molecule has 2 aromatic rings. The van der Waals surface area contributed by atoms with E-state index < -0.39 is 0 Å². The fraction of sp³-hybridized carbons (Fsp3) is 0.333. The molecular weight excluding hydrogens is 304 g/mol. The van der Waals surface area contributed by atoms with Gasteiger partial charge < -0.3 is 4.74 Å². The van der Waals surface area contributed by atoms with Gasteiger partial charge in [0.2, 0.25) is 0 Å². The van der Waals surface area contributed by atoms with Crippen LogP contribution in [0.25, 0.3) is 10.8 Å². The summed E-state index contributed by atoms with van der Waals surface area (Å²) in [5.41, 5.74) is 3.95. The van der Waals surface area contributed by atoms with Crippen molar-refractivity contribution in [2.75, 3.05) is 6.61 Å². The zero-order chi connectivity index (χ0) is 13.8. The minimum absolute atomic E-state index is 0.00967. The van der Waals surface area contributed by atoms with Gasteiger partial charge in [-0.25, -0.2) is 0 Å². The maximum Gasteiger partial charge on any atom is 0.0694 e. The SMILES string of the molecule is CC(C)OCC(NN)c1ccc2cc(Br)ccc2c1. The van der Waals surface area contributed by atoms with Crippen LogP contribution in [0.5, 0.6) is 0 Å². The molecule has 102 valence electrons. The van der Waals surface area contributed by atoms with Crippen molar-refractivity contribution in [2.24, 2.45) is 5.84 Å². The number of benzene rings is 2. The van der Waals surface area contributed by atoms with E-state index in [1.165, 1.54) is 10.8 Å². The minimum Gasteiger partial charge on any atom is -0.377 e. The topological polar surface area (TPSA) is 47.3 Å². The summed E-state index contributed by atoms with van der Waals surface area (Å²) < 4.78 is 6.72. The summed E-state index contributed by atoms with van der Waals surface area (Å²) in [5, 5.41) is 2.41. The molecule has 3 nitrogen and oxygen atoms in total. The van der Waals surface area contributed by atoms with Crippen LogP contribution in [-0.2, 0) is 4.74 Å². The van der Waals surface area contributed by atoms with Crippen LogP contribution in [0.4, 0.5) is 0 Å². The zero-order valence-electron chi connectivity index (χ0n) is 11.2. The third-order valence-corrected chi connectivity index (χ3v) is 3.52. The van der Waals surface area contributed by atoms with Gasteiger partial charge in [0, 0.05) is 4.47 Å². The van der Waals surface area contributed by atoms with E-state index in [1.54, 1.807) is 0 Å². The van der Waals surface area contributed by atoms with E-state index in [2.05, 4.69) is 51.7 Å². The fourth-order valence-corrected chi connectivity index (χ4v) is 2.36. The quantitative estimate of drug-likeness (QED) is 0.654. The van der Waals surface area contributed by atoms with E-state index >= 15 is 0 Å². The van der Waals surface area contributed by atoms with Crippen LogP contribution in [0.15, 0.2) is 40.9 Å². The van der Waals surface area contributed by atoms with Gasteiger partial charge in [-0.1, -0.05) is 34.1 Å². The summed E-state index contributed by atoms with van der Waals surface area (Å²) >= 11 is 3.48. The first-order chi connectivity index (χ1) is 9.10. The molecule has 4 heteroatoms. The Hall–Kier alpha value is -0.940. The van der Waals surface area contributed by atoms with Gasteiger partial charge in [-0.3, -0.25) is 11.3 Å². The van der Waals surface area contributed by atoms with Crippen LogP contribution in [0.1, 0.15) is 25.5 Å². The average molecular weight is 323 g/mol. The van der Waals surface area contributed by atoms with Crippen molar-refractivity contribution in [2.45, 2.75) is 26.0 Å². The van der Waals surface area contributed by atoms with E-state index in [1.807, 2.05) is 19.9 Å². The van der Waals surface area contributed by atoms with E-state index in [0.29, 0.717) is 6.61 Å². The lowest BCUT2D eigenvalue weighted by Crippen LogP contribution is -2.32. The van der Waals surface area contributed by atoms with Crippen molar-refractivity contribution in [1.82, 2.24) is 5.43 Å². The number of nitrogens with one attached hydrogen (secondary N) is 1. The van der Waals surface area contributed by atoms with E-state index in [9.17, 15) is 0 Å². The second-order valence-electron chi connectivity index (χ2n) is 4.85. The van der Waals surface area contributed by atoms with Crippen molar-refractivity contribution >= 4 is 26.7 Å². The molecule has 0 amide bonds. The number of nitrogens with two attached hydrogens (primary N) is 1. The van der Waals surface area contributed by atoms with Gasteiger partial charge in [-0.15, -0.1) is 0 Å². The highest BCUT2D eigenvalue weighted by Crippen LogP contribution is 2.23. The highest BCUT2D eigenvalue weighted by atomic mass is 79.9. The van der Waals surface area contributed by atoms with E-state index in [4.69, 9.17) is 10.6 Å². The molecule has 0 bridgehead atoms. The smallest absolute Gasteiger partial charge is 0.0694 e. The number of rotatable bonds is 5. The van der Waals surface area contributed by atoms with Gasteiger partial charge in [0.1, 0.15) is 0 Å². The Labute approximate surface area is 122 Å². The molecule has 0 spiro atoms. The van der Waals surface area contributed by atoms with Gasteiger partial charge in [-0.05, 0) is 48.4 Å². The first-order valence-electron chi connectivity index (χ1n) is 6.37. The molecule has 0 aromatic heterocycles. The Bertz CT molecular complexity index is 557. The van der Waals surface area contributed by atoms with Crippen LogP contribution < -0.4 is 11.3 Å². The Morgan fingerprint density at radius 1 is 1.16 bits per heavy atom. The van der Waals surface area contributed by atoms with Crippen LogP contribution in [0, 0.1) is 0 Å². The predicted molar refractivity (Wildman–Crippen MR) is 82.8 cm³/mol. The summed E-state index contributed by atoms with van der Waals surface area (Å²) in [6, 6.07) is 12.6. The van der Waals surface area contributed by atoms with E-state index in [-0.39, 0.29) is 12.1 Å². The molecule has 0 heterocycles. The van der Waals surface area contributed by atoms with Gasteiger partial charge >= 0.3 is 0 Å². The first-order valence-corrected chi connectivity index (χ1v) is 7.16. The van der Waals surface area contributed by atoms with Crippen molar-refractivity contribution in [3.05, 3.63) is 46.4 Å². The highest BCUT2D eigenvalue weighted by molar-refractivity contribution is 9.10. The Balaban J connectivity index is 2.25. The van der Waals surface area contributed by atoms with Crippen molar-refractivity contribution in [1.29, 1.82) is 0 Å². The molecule has 1 atom stereocenters. The highest BCUT2D eigenvalue weighted by Gasteiger charge is 2.11. The summed E-state index contributed by atoms with van der Waals surface area (Å²) in [4.78, 5) is 0. The molecular formula is C15H19BrN2O. The molecule has 2 rings (SSSR count). The summed E-state index contributed by atoms with van der Waals surface area (Å²) in [6.45, 7) is 4.60. The molecule has 0 radical (unpaired) electrons. The second-order valence-corrected chi connectivity index (χ2v) is 5.77. The molecule has 0 aliphatic heterocycles. The molecule has 2 aromatic carbocycles. The molecule has 0 saturated carbocycles. The average Bonchev–Trinajstić information content (AvgIpc) is 2.39. The lowest BCUT2D eigenvalue weighted by Gasteiger charge is -2.18. The monoisotopic (exact) mass is 322 g/mol. The summed E-state index contributed by atoms with van der Waals surface area (Å²) in [6.07, 6.45) is 0.201. The maximum absolute atomic E-state index is 5.63.